The SMILES string of the molecule is CCC(C)c1ccc(C(C)CCCCC(C)(CC)c2ccc(C(C)(CC)CC)cc2)cc1. The van der Waals surface area contributed by atoms with Crippen molar-refractivity contribution in [2.75, 3.05) is 0 Å². The second-order valence-electron chi connectivity index (χ2n) is 10.9. The maximum Gasteiger partial charge on any atom is -0.00779 e. The Morgan fingerprint density at radius 3 is 1.47 bits per heavy atom. The van der Waals surface area contributed by atoms with Gasteiger partial charge in [0.1, 0.15) is 0 Å². The van der Waals surface area contributed by atoms with E-state index in [1.165, 1.54) is 73.6 Å². The number of hydrogen-bond donors (Lipinski definition) is 0. The average molecular weight is 435 g/mol. The molecule has 0 aromatic heterocycles. The molecule has 0 aliphatic carbocycles. The summed E-state index contributed by atoms with van der Waals surface area (Å²) in [6.45, 7) is 18.9. The van der Waals surface area contributed by atoms with Gasteiger partial charge in [-0.05, 0) is 83.4 Å². The molecule has 0 nitrogen and oxygen atoms in total. The van der Waals surface area contributed by atoms with Gasteiger partial charge in [0.15, 0.2) is 0 Å². The second kappa shape index (κ2) is 12.1. The van der Waals surface area contributed by atoms with Gasteiger partial charge in [-0.25, -0.2) is 0 Å². The molecule has 0 radical (unpaired) electrons. The molecule has 2 rings (SSSR count). The summed E-state index contributed by atoms with van der Waals surface area (Å²) in [5.74, 6) is 1.31. The zero-order valence-corrected chi connectivity index (χ0v) is 22.4. The maximum atomic E-state index is 2.47. The Hall–Kier alpha value is -1.56. The first-order valence-electron chi connectivity index (χ1n) is 13.4. The van der Waals surface area contributed by atoms with Crippen LogP contribution in [0.4, 0.5) is 0 Å². The molecule has 0 aliphatic heterocycles. The van der Waals surface area contributed by atoms with Gasteiger partial charge >= 0.3 is 0 Å². The van der Waals surface area contributed by atoms with Crippen molar-refractivity contribution in [1.82, 2.24) is 0 Å². The Morgan fingerprint density at radius 1 is 0.594 bits per heavy atom. The van der Waals surface area contributed by atoms with Crippen LogP contribution >= 0.6 is 0 Å². The Labute approximate surface area is 200 Å². The molecule has 0 bridgehead atoms. The summed E-state index contributed by atoms with van der Waals surface area (Å²) in [6, 6.07) is 19.1. The Kier molecular flexibility index (Phi) is 10.1. The summed E-state index contributed by atoms with van der Waals surface area (Å²) in [4.78, 5) is 0. The molecule has 178 valence electrons. The van der Waals surface area contributed by atoms with Crippen LogP contribution in [-0.2, 0) is 10.8 Å². The van der Waals surface area contributed by atoms with Crippen LogP contribution in [0.2, 0.25) is 0 Å². The normalized spacial score (nSPS) is 15.9. The van der Waals surface area contributed by atoms with Gasteiger partial charge in [-0.2, -0.15) is 0 Å². The summed E-state index contributed by atoms with van der Waals surface area (Å²) in [7, 11) is 0. The predicted molar refractivity (Wildman–Crippen MR) is 144 cm³/mol. The molecular weight excluding hydrogens is 384 g/mol. The lowest BCUT2D eigenvalue weighted by atomic mass is 9.73. The fraction of sp³-hybridized carbons (Fsp3) is 0.625. The first kappa shape index (κ1) is 26.7. The minimum Gasteiger partial charge on any atom is -0.0648 e. The van der Waals surface area contributed by atoms with Crippen LogP contribution in [0.25, 0.3) is 0 Å². The van der Waals surface area contributed by atoms with E-state index < -0.39 is 0 Å². The van der Waals surface area contributed by atoms with Gasteiger partial charge in [0, 0.05) is 0 Å². The summed E-state index contributed by atoms with van der Waals surface area (Å²) >= 11 is 0. The highest BCUT2D eigenvalue weighted by Crippen LogP contribution is 2.37. The third-order valence-electron chi connectivity index (χ3n) is 8.92. The molecule has 0 saturated heterocycles. The highest BCUT2D eigenvalue weighted by atomic mass is 14.3. The topological polar surface area (TPSA) is 0 Å². The average Bonchev–Trinajstić information content (AvgIpc) is 2.85. The Bertz CT molecular complexity index is 778. The Morgan fingerprint density at radius 2 is 1.03 bits per heavy atom. The van der Waals surface area contributed by atoms with E-state index in [0.717, 1.165) is 0 Å². The molecule has 2 aromatic carbocycles. The first-order valence-corrected chi connectivity index (χ1v) is 13.4. The number of unbranched alkanes of at least 4 members (excludes halogenated alkanes) is 1. The van der Waals surface area contributed by atoms with Gasteiger partial charge in [0.05, 0.1) is 0 Å². The molecule has 0 spiro atoms. The minimum absolute atomic E-state index is 0.286. The van der Waals surface area contributed by atoms with Crippen LogP contribution in [0.3, 0.4) is 0 Å². The first-order chi connectivity index (χ1) is 15.2. The standard InChI is InChI=1S/C32H50/c1-9-25(5)27-16-18-28(19-17-27)26(6)15-13-14-24-32(8,12-4)30-22-20-29(21-23-30)31(7,10-2)11-3/h16-23,25-26H,9-15,24H2,1-8H3. The van der Waals surface area contributed by atoms with E-state index in [-0.39, 0.29) is 5.41 Å². The lowest BCUT2D eigenvalue weighted by Gasteiger charge is -2.32. The van der Waals surface area contributed by atoms with E-state index in [1.807, 2.05) is 0 Å². The van der Waals surface area contributed by atoms with E-state index in [4.69, 9.17) is 0 Å². The second-order valence-corrected chi connectivity index (χ2v) is 10.9. The highest BCUT2D eigenvalue weighted by Gasteiger charge is 2.26. The van der Waals surface area contributed by atoms with Crippen molar-refractivity contribution in [3.8, 4) is 0 Å². The minimum atomic E-state index is 0.286. The van der Waals surface area contributed by atoms with Crippen LogP contribution in [-0.4, -0.2) is 0 Å². The largest absolute Gasteiger partial charge is 0.0648 e. The predicted octanol–water partition coefficient (Wildman–Crippen LogP) is 10.3. The zero-order chi connectivity index (χ0) is 23.8. The molecule has 32 heavy (non-hydrogen) atoms. The van der Waals surface area contributed by atoms with Crippen molar-refractivity contribution in [1.29, 1.82) is 0 Å². The smallest absolute Gasteiger partial charge is 0.00779 e. The molecule has 0 saturated carbocycles. The van der Waals surface area contributed by atoms with Crippen LogP contribution in [0.1, 0.15) is 141 Å². The summed E-state index contributed by atoms with van der Waals surface area (Å²) in [6.07, 6.45) is 10.0. The van der Waals surface area contributed by atoms with Gasteiger partial charge in [0.25, 0.3) is 0 Å². The van der Waals surface area contributed by atoms with Gasteiger partial charge in [-0.15, -0.1) is 0 Å². The quantitative estimate of drug-likeness (QED) is 0.275. The number of hydrogen-bond acceptors (Lipinski definition) is 0. The molecule has 0 heteroatoms. The molecule has 0 amide bonds. The lowest BCUT2D eigenvalue weighted by Crippen LogP contribution is -2.23. The van der Waals surface area contributed by atoms with E-state index >= 15 is 0 Å². The summed E-state index contributed by atoms with van der Waals surface area (Å²) in [5.41, 5.74) is 6.59. The highest BCUT2D eigenvalue weighted by molar-refractivity contribution is 5.32. The van der Waals surface area contributed by atoms with Gasteiger partial charge in [-0.3, -0.25) is 0 Å². The summed E-state index contributed by atoms with van der Waals surface area (Å²) in [5, 5.41) is 0. The maximum absolute atomic E-state index is 2.47. The third-order valence-corrected chi connectivity index (χ3v) is 8.92. The zero-order valence-electron chi connectivity index (χ0n) is 22.4. The van der Waals surface area contributed by atoms with Crippen LogP contribution in [0, 0.1) is 0 Å². The molecule has 3 atom stereocenters. The fourth-order valence-corrected chi connectivity index (χ4v) is 4.98. The van der Waals surface area contributed by atoms with Crippen molar-refractivity contribution < 1.29 is 0 Å². The molecule has 3 unspecified atom stereocenters. The van der Waals surface area contributed by atoms with Crippen molar-refractivity contribution in [3.05, 3.63) is 70.8 Å². The molecule has 2 aromatic rings. The number of rotatable bonds is 13. The fourth-order valence-electron chi connectivity index (χ4n) is 4.98. The van der Waals surface area contributed by atoms with Crippen molar-refractivity contribution in [2.24, 2.45) is 0 Å². The van der Waals surface area contributed by atoms with Crippen LogP contribution < -0.4 is 0 Å². The van der Waals surface area contributed by atoms with Crippen LogP contribution in [0.15, 0.2) is 48.5 Å². The molecule has 0 N–H and O–H groups in total. The summed E-state index contributed by atoms with van der Waals surface area (Å²) < 4.78 is 0. The van der Waals surface area contributed by atoms with Crippen molar-refractivity contribution in [2.45, 2.75) is 129 Å². The molecule has 0 aliphatic rings. The Balaban J connectivity index is 1.92. The van der Waals surface area contributed by atoms with Crippen LogP contribution in [0.5, 0.6) is 0 Å². The van der Waals surface area contributed by atoms with Crippen molar-refractivity contribution in [3.63, 3.8) is 0 Å². The van der Waals surface area contributed by atoms with E-state index in [2.05, 4.69) is 104 Å². The monoisotopic (exact) mass is 434 g/mol. The van der Waals surface area contributed by atoms with E-state index in [0.29, 0.717) is 17.3 Å². The van der Waals surface area contributed by atoms with E-state index in [1.54, 1.807) is 0 Å². The third kappa shape index (κ3) is 6.49. The molecular formula is C32H50. The molecule has 0 fully saturated rings. The molecule has 0 heterocycles. The van der Waals surface area contributed by atoms with E-state index in [9.17, 15) is 0 Å². The van der Waals surface area contributed by atoms with Gasteiger partial charge in [0.2, 0.25) is 0 Å². The van der Waals surface area contributed by atoms with Crippen molar-refractivity contribution >= 4 is 0 Å². The number of benzene rings is 2. The van der Waals surface area contributed by atoms with Gasteiger partial charge in [-0.1, -0.05) is 117 Å². The lowest BCUT2D eigenvalue weighted by molar-refractivity contribution is 0.391. The van der Waals surface area contributed by atoms with Gasteiger partial charge < -0.3 is 0 Å².